The van der Waals surface area contributed by atoms with Crippen LogP contribution in [0.4, 0.5) is 0 Å². The number of benzene rings is 2. The highest BCUT2D eigenvalue weighted by Gasteiger charge is 2.37. The number of hydrogen-bond donors (Lipinski definition) is 0. The van der Waals surface area contributed by atoms with Gasteiger partial charge in [0.25, 0.3) is 20.0 Å². The quantitative estimate of drug-likeness (QED) is 0.721. The Labute approximate surface area is 147 Å². The summed E-state index contributed by atoms with van der Waals surface area (Å²) >= 11 is 0. The molecule has 2 aromatic carbocycles. The van der Waals surface area contributed by atoms with Crippen molar-refractivity contribution < 1.29 is 26.4 Å². The number of ether oxygens (including phenoxy) is 1. The molecule has 2 rings (SSSR count). The lowest BCUT2D eigenvalue weighted by Gasteiger charge is -2.21. The lowest BCUT2D eigenvalue weighted by atomic mass is 10.3. The summed E-state index contributed by atoms with van der Waals surface area (Å²) in [4.78, 5) is 11.1. The van der Waals surface area contributed by atoms with Gasteiger partial charge in [0.05, 0.1) is 23.4 Å². The Morgan fingerprint density at radius 3 is 1.80 bits per heavy atom. The van der Waals surface area contributed by atoms with Crippen LogP contribution in [0.3, 0.4) is 0 Å². The van der Waals surface area contributed by atoms with Crippen molar-refractivity contribution in [3.05, 3.63) is 54.6 Å². The van der Waals surface area contributed by atoms with Crippen molar-refractivity contribution in [2.75, 3.05) is 13.7 Å². The van der Waals surface area contributed by atoms with E-state index in [1.165, 1.54) is 55.6 Å². The van der Waals surface area contributed by atoms with Crippen molar-refractivity contribution >= 4 is 25.8 Å². The number of Topliss-reactive ketones (excluding diaryl/α,β-unsaturated/α-hetero) is 1. The summed E-state index contributed by atoms with van der Waals surface area (Å²) in [6, 6.07) is 12.3. The fourth-order valence-corrected chi connectivity index (χ4v) is 5.76. The van der Waals surface area contributed by atoms with Gasteiger partial charge in [-0.05, 0) is 43.3 Å². The zero-order valence-electron chi connectivity index (χ0n) is 13.6. The highest BCUT2D eigenvalue weighted by atomic mass is 32.3. The van der Waals surface area contributed by atoms with E-state index in [1.54, 1.807) is 6.07 Å². The number of ketones is 1. The van der Waals surface area contributed by atoms with E-state index in [1.807, 2.05) is 0 Å². The van der Waals surface area contributed by atoms with Gasteiger partial charge in [-0.2, -0.15) is 0 Å². The van der Waals surface area contributed by atoms with Crippen molar-refractivity contribution in [3.63, 3.8) is 0 Å². The molecule has 0 aromatic heterocycles. The molecule has 0 fully saturated rings. The second-order valence-electron chi connectivity index (χ2n) is 5.13. The van der Waals surface area contributed by atoms with Crippen molar-refractivity contribution in [3.8, 4) is 5.75 Å². The average Bonchev–Trinajstić information content (AvgIpc) is 2.60. The molecule has 25 heavy (non-hydrogen) atoms. The first-order chi connectivity index (χ1) is 11.7. The third-order valence-corrected chi connectivity index (χ3v) is 7.53. The van der Waals surface area contributed by atoms with Crippen LogP contribution in [-0.4, -0.2) is 40.0 Å². The molecule has 0 N–H and O–H groups in total. The maximum absolute atomic E-state index is 12.8. The van der Waals surface area contributed by atoms with Crippen molar-refractivity contribution in [1.29, 1.82) is 0 Å². The fourth-order valence-electron chi connectivity index (χ4n) is 2.06. The maximum Gasteiger partial charge on any atom is 0.256 e. The van der Waals surface area contributed by atoms with Crippen LogP contribution in [0.1, 0.15) is 6.92 Å². The number of carbonyl (C=O) groups excluding carboxylic acids is 1. The van der Waals surface area contributed by atoms with Crippen molar-refractivity contribution in [2.45, 2.75) is 16.7 Å². The number of nitrogens with zero attached hydrogens (tertiary/aromatic N) is 1. The molecule has 0 bridgehead atoms. The van der Waals surface area contributed by atoms with Gasteiger partial charge in [-0.3, -0.25) is 4.79 Å². The second-order valence-corrected chi connectivity index (χ2v) is 9.09. The molecule has 9 heteroatoms. The molecular weight excluding hydrogens is 366 g/mol. The highest BCUT2D eigenvalue weighted by Crippen LogP contribution is 2.25. The molecule has 0 aliphatic rings. The van der Waals surface area contributed by atoms with Crippen LogP contribution in [0.2, 0.25) is 0 Å². The molecule has 0 radical (unpaired) electrons. The Bertz CT molecular complexity index is 951. The molecule has 0 spiro atoms. The third kappa shape index (κ3) is 4.06. The maximum atomic E-state index is 12.8. The molecule has 0 saturated carbocycles. The van der Waals surface area contributed by atoms with Gasteiger partial charge in [0, 0.05) is 0 Å². The van der Waals surface area contributed by atoms with Gasteiger partial charge < -0.3 is 4.74 Å². The second kappa shape index (κ2) is 7.34. The summed E-state index contributed by atoms with van der Waals surface area (Å²) in [6.45, 7) is 0.336. The van der Waals surface area contributed by atoms with Gasteiger partial charge >= 0.3 is 0 Å². The summed E-state index contributed by atoms with van der Waals surface area (Å²) in [5.74, 6) is -0.181. The summed E-state index contributed by atoms with van der Waals surface area (Å²) in [7, 11) is -7.46. The molecule has 0 saturated heterocycles. The lowest BCUT2D eigenvalue weighted by molar-refractivity contribution is -0.116. The molecule has 134 valence electrons. The van der Waals surface area contributed by atoms with Crippen LogP contribution in [0.15, 0.2) is 64.4 Å². The normalized spacial score (nSPS) is 12.1. The first kappa shape index (κ1) is 19.1. The minimum absolute atomic E-state index is 0.215. The molecule has 0 unspecified atom stereocenters. The Morgan fingerprint density at radius 1 is 0.880 bits per heavy atom. The first-order valence-electron chi connectivity index (χ1n) is 7.16. The standard InChI is InChI=1S/C16H17NO6S2/c1-13(18)12-17(24(19,20)15-6-4-3-5-7-15)25(21,22)16-10-8-14(23-2)9-11-16/h3-11H,12H2,1-2H3. The Morgan fingerprint density at radius 2 is 1.36 bits per heavy atom. The van der Waals surface area contributed by atoms with E-state index in [0.717, 1.165) is 6.92 Å². The van der Waals surface area contributed by atoms with Gasteiger partial charge in [0.2, 0.25) is 0 Å². The topological polar surface area (TPSA) is 97.8 Å². The molecule has 0 aliphatic heterocycles. The van der Waals surface area contributed by atoms with E-state index in [0.29, 0.717) is 5.75 Å². The average molecular weight is 383 g/mol. The van der Waals surface area contributed by atoms with Crippen LogP contribution in [0.5, 0.6) is 5.75 Å². The number of hydrogen-bond acceptors (Lipinski definition) is 6. The predicted molar refractivity (Wildman–Crippen MR) is 91.2 cm³/mol. The minimum Gasteiger partial charge on any atom is -0.497 e. The molecule has 0 amide bonds. The van der Waals surface area contributed by atoms with E-state index >= 15 is 0 Å². The van der Waals surface area contributed by atoms with Gasteiger partial charge in [-0.1, -0.05) is 21.9 Å². The van der Waals surface area contributed by atoms with Crippen LogP contribution in [0.25, 0.3) is 0 Å². The van der Waals surface area contributed by atoms with Crippen molar-refractivity contribution in [2.24, 2.45) is 0 Å². The van der Waals surface area contributed by atoms with Gasteiger partial charge in [0.1, 0.15) is 11.5 Å². The lowest BCUT2D eigenvalue weighted by Crippen LogP contribution is -2.40. The van der Waals surface area contributed by atoms with E-state index in [-0.39, 0.29) is 13.5 Å². The van der Waals surface area contributed by atoms with Gasteiger partial charge in [0.15, 0.2) is 0 Å². The number of methoxy groups -OCH3 is 1. The summed E-state index contributed by atoms with van der Waals surface area (Å²) in [5.41, 5.74) is 0. The highest BCUT2D eigenvalue weighted by molar-refractivity contribution is 8.04. The summed E-state index contributed by atoms with van der Waals surface area (Å²) in [6.07, 6.45) is 0. The molecule has 2 aromatic rings. The number of rotatable bonds is 7. The Kier molecular flexibility index (Phi) is 5.61. The molecular formula is C16H17NO6S2. The van der Waals surface area contributed by atoms with Crippen LogP contribution in [-0.2, 0) is 24.8 Å². The summed E-state index contributed by atoms with van der Waals surface area (Å²) in [5, 5.41) is 0. The van der Waals surface area contributed by atoms with Crippen LogP contribution < -0.4 is 4.74 Å². The van der Waals surface area contributed by atoms with E-state index < -0.39 is 32.4 Å². The minimum atomic E-state index is -4.46. The van der Waals surface area contributed by atoms with Crippen molar-refractivity contribution in [1.82, 2.24) is 3.71 Å². The number of sulfonamides is 2. The largest absolute Gasteiger partial charge is 0.497 e. The zero-order chi connectivity index (χ0) is 18.7. The third-order valence-electron chi connectivity index (χ3n) is 3.29. The predicted octanol–water partition coefficient (Wildman–Crippen LogP) is 1.66. The first-order valence-corrected chi connectivity index (χ1v) is 10.0. The van der Waals surface area contributed by atoms with Gasteiger partial charge in [-0.25, -0.2) is 16.8 Å². The molecule has 0 aliphatic carbocycles. The Hall–Kier alpha value is -2.23. The van der Waals surface area contributed by atoms with Crippen LogP contribution in [0, 0.1) is 0 Å². The van der Waals surface area contributed by atoms with Crippen LogP contribution >= 0.6 is 0 Å². The smallest absolute Gasteiger partial charge is 0.256 e. The van der Waals surface area contributed by atoms with E-state index in [4.69, 9.17) is 4.74 Å². The number of carbonyl (C=O) groups is 1. The summed E-state index contributed by atoms with van der Waals surface area (Å²) < 4.78 is 56.4. The monoisotopic (exact) mass is 383 g/mol. The fraction of sp³-hybridized carbons (Fsp3) is 0.188. The molecule has 7 nitrogen and oxygen atoms in total. The van der Waals surface area contributed by atoms with E-state index in [9.17, 15) is 21.6 Å². The van der Waals surface area contributed by atoms with E-state index in [2.05, 4.69) is 0 Å². The van der Waals surface area contributed by atoms with Gasteiger partial charge in [-0.15, -0.1) is 0 Å². The molecule has 0 atom stereocenters. The zero-order valence-corrected chi connectivity index (χ0v) is 15.2. The SMILES string of the molecule is COc1ccc(S(=O)(=O)N(CC(C)=O)S(=O)(=O)c2ccccc2)cc1. The Balaban J connectivity index is 2.58. The molecule has 0 heterocycles.